The number of fused-ring (bicyclic) bond motifs is 5. The summed E-state index contributed by atoms with van der Waals surface area (Å²) in [5, 5.41) is 10.6. The fourth-order valence-electron chi connectivity index (χ4n) is 4.92. The highest BCUT2D eigenvalue weighted by atomic mass is 16.2. The lowest BCUT2D eigenvalue weighted by atomic mass is 10.1. The van der Waals surface area contributed by atoms with Gasteiger partial charge in [-0.15, -0.1) is 0 Å². The molecule has 1 saturated carbocycles. The Kier molecular flexibility index (Phi) is 4.08. The van der Waals surface area contributed by atoms with Gasteiger partial charge in [0.1, 0.15) is 17.2 Å². The standard InChI is InChI=1S/C21H24N8O/c30-20-17-10-13-11-24-21(27-19(13)29(17)16-3-1-2-15(16)25-20)26-18-5-4-14(12-23-18)28-8-6-22-7-9-28/h4-5,10-12,15-16,22H,1-3,6-9H2,(H,25,30)(H,23,24,26,27). The first-order valence-electron chi connectivity index (χ1n) is 10.6. The largest absolute Gasteiger partial charge is 0.368 e. The Morgan fingerprint density at radius 1 is 1.10 bits per heavy atom. The summed E-state index contributed by atoms with van der Waals surface area (Å²) in [6.45, 7) is 3.97. The normalized spacial score (nSPS) is 23.2. The number of rotatable bonds is 3. The van der Waals surface area contributed by atoms with Gasteiger partial charge in [0.25, 0.3) is 5.91 Å². The van der Waals surface area contributed by atoms with Crippen molar-refractivity contribution < 1.29 is 4.79 Å². The summed E-state index contributed by atoms with van der Waals surface area (Å²) in [6, 6.07) is 6.40. The van der Waals surface area contributed by atoms with Gasteiger partial charge in [-0.25, -0.2) is 9.97 Å². The first kappa shape index (κ1) is 17.6. The quantitative estimate of drug-likeness (QED) is 0.612. The molecule has 3 aromatic heterocycles. The molecule has 3 aromatic rings. The molecule has 2 aliphatic heterocycles. The van der Waals surface area contributed by atoms with Crippen molar-refractivity contribution in [1.82, 2.24) is 30.2 Å². The second kappa shape index (κ2) is 6.94. The second-order valence-corrected chi connectivity index (χ2v) is 8.21. The Morgan fingerprint density at radius 3 is 2.83 bits per heavy atom. The number of hydrogen-bond acceptors (Lipinski definition) is 7. The molecule has 6 rings (SSSR count). The predicted octanol–water partition coefficient (Wildman–Crippen LogP) is 1.82. The maximum absolute atomic E-state index is 12.5. The zero-order valence-corrected chi connectivity index (χ0v) is 16.6. The first-order valence-corrected chi connectivity index (χ1v) is 10.6. The molecule has 30 heavy (non-hydrogen) atoms. The molecule has 1 aliphatic carbocycles. The third-order valence-electron chi connectivity index (χ3n) is 6.41. The Balaban J connectivity index is 1.29. The van der Waals surface area contributed by atoms with Crippen molar-refractivity contribution in [2.24, 2.45) is 0 Å². The van der Waals surface area contributed by atoms with Crippen molar-refractivity contribution >= 4 is 34.4 Å². The van der Waals surface area contributed by atoms with E-state index in [1.807, 2.05) is 18.3 Å². The molecule has 5 heterocycles. The van der Waals surface area contributed by atoms with Crippen LogP contribution in [0.5, 0.6) is 0 Å². The van der Waals surface area contributed by atoms with E-state index in [-0.39, 0.29) is 18.0 Å². The van der Waals surface area contributed by atoms with Crippen LogP contribution in [0.25, 0.3) is 11.0 Å². The van der Waals surface area contributed by atoms with E-state index in [1.165, 1.54) is 0 Å². The van der Waals surface area contributed by atoms with E-state index in [4.69, 9.17) is 4.98 Å². The van der Waals surface area contributed by atoms with E-state index < -0.39 is 0 Å². The molecule has 0 bridgehead atoms. The lowest BCUT2D eigenvalue weighted by Gasteiger charge is -2.29. The SMILES string of the molecule is O=C1NC2CCCC2n2c1cc1cnc(Nc3ccc(N4CCNCC4)cn3)nc12. The molecular formula is C21H24N8O. The maximum Gasteiger partial charge on any atom is 0.268 e. The van der Waals surface area contributed by atoms with Gasteiger partial charge in [-0.05, 0) is 37.5 Å². The predicted molar refractivity (Wildman–Crippen MR) is 114 cm³/mol. The third kappa shape index (κ3) is 2.88. The molecule has 0 aromatic carbocycles. The van der Waals surface area contributed by atoms with Crippen molar-refractivity contribution in [1.29, 1.82) is 0 Å². The van der Waals surface area contributed by atoms with E-state index in [2.05, 4.69) is 41.5 Å². The van der Waals surface area contributed by atoms with Crippen molar-refractivity contribution in [3.8, 4) is 0 Å². The van der Waals surface area contributed by atoms with Crippen molar-refractivity contribution in [3.05, 3.63) is 36.3 Å². The summed E-state index contributed by atoms with van der Waals surface area (Å²) >= 11 is 0. The van der Waals surface area contributed by atoms with E-state index in [1.54, 1.807) is 6.20 Å². The van der Waals surface area contributed by atoms with Gasteiger partial charge in [-0.1, -0.05) is 0 Å². The number of aromatic nitrogens is 4. The van der Waals surface area contributed by atoms with Gasteiger partial charge in [-0.2, -0.15) is 4.98 Å². The highest BCUT2D eigenvalue weighted by Crippen LogP contribution is 2.37. The smallest absolute Gasteiger partial charge is 0.268 e. The third-order valence-corrected chi connectivity index (χ3v) is 6.41. The lowest BCUT2D eigenvalue weighted by Crippen LogP contribution is -2.44. The molecule has 0 radical (unpaired) electrons. The van der Waals surface area contributed by atoms with Crippen LogP contribution in [0, 0.1) is 0 Å². The van der Waals surface area contributed by atoms with Gasteiger partial charge >= 0.3 is 0 Å². The van der Waals surface area contributed by atoms with Gasteiger partial charge < -0.3 is 25.4 Å². The number of amides is 1. The number of nitrogens with zero attached hydrogens (tertiary/aromatic N) is 5. The summed E-state index contributed by atoms with van der Waals surface area (Å²) in [4.78, 5) is 28.6. The van der Waals surface area contributed by atoms with Crippen LogP contribution in [0.2, 0.25) is 0 Å². The van der Waals surface area contributed by atoms with Gasteiger partial charge in [0.2, 0.25) is 5.95 Å². The molecule has 2 fully saturated rings. The molecule has 9 heteroatoms. The Labute approximate surface area is 173 Å². The van der Waals surface area contributed by atoms with Gasteiger partial charge in [0.05, 0.1) is 24.0 Å². The Bertz CT molecular complexity index is 1100. The molecule has 3 aliphatic rings. The molecule has 0 spiro atoms. The van der Waals surface area contributed by atoms with Crippen molar-refractivity contribution in [3.63, 3.8) is 0 Å². The summed E-state index contributed by atoms with van der Waals surface area (Å²) < 4.78 is 2.11. The van der Waals surface area contributed by atoms with Crippen LogP contribution < -0.4 is 20.9 Å². The number of pyridine rings is 1. The molecule has 3 N–H and O–H groups in total. The van der Waals surface area contributed by atoms with Crippen LogP contribution in [-0.2, 0) is 0 Å². The van der Waals surface area contributed by atoms with Gasteiger partial charge in [0.15, 0.2) is 0 Å². The van der Waals surface area contributed by atoms with E-state index in [9.17, 15) is 4.79 Å². The number of piperazine rings is 1. The number of nitrogens with one attached hydrogen (secondary N) is 3. The summed E-state index contributed by atoms with van der Waals surface area (Å²) in [6.07, 6.45) is 6.87. The van der Waals surface area contributed by atoms with Crippen LogP contribution in [0.3, 0.4) is 0 Å². The van der Waals surface area contributed by atoms with Crippen LogP contribution in [-0.4, -0.2) is 57.6 Å². The summed E-state index contributed by atoms with van der Waals surface area (Å²) in [5.41, 5.74) is 2.61. The van der Waals surface area contributed by atoms with E-state index in [0.717, 1.165) is 62.2 Å². The minimum absolute atomic E-state index is 0.0178. The molecule has 1 amide bonds. The van der Waals surface area contributed by atoms with Crippen molar-refractivity contribution in [2.45, 2.75) is 31.3 Å². The number of hydrogen-bond donors (Lipinski definition) is 3. The van der Waals surface area contributed by atoms with E-state index >= 15 is 0 Å². The molecule has 1 saturated heterocycles. The topological polar surface area (TPSA) is 100 Å². The molecule has 9 nitrogen and oxygen atoms in total. The zero-order chi connectivity index (χ0) is 20.1. The van der Waals surface area contributed by atoms with Crippen molar-refractivity contribution in [2.75, 3.05) is 36.4 Å². The maximum atomic E-state index is 12.5. The summed E-state index contributed by atoms with van der Waals surface area (Å²) in [5.74, 6) is 1.18. The van der Waals surface area contributed by atoms with Crippen LogP contribution in [0.1, 0.15) is 35.8 Å². The van der Waals surface area contributed by atoms with Crippen LogP contribution in [0.4, 0.5) is 17.5 Å². The van der Waals surface area contributed by atoms with Gasteiger partial charge in [0, 0.05) is 37.8 Å². The fourth-order valence-corrected chi connectivity index (χ4v) is 4.92. The highest BCUT2D eigenvalue weighted by molar-refractivity contribution is 5.99. The fraction of sp³-hybridized carbons (Fsp3) is 0.429. The van der Waals surface area contributed by atoms with E-state index in [0.29, 0.717) is 17.5 Å². The first-order chi connectivity index (χ1) is 14.8. The highest BCUT2D eigenvalue weighted by Gasteiger charge is 2.38. The molecule has 2 atom stereocenters. The Hall–Kier alpha value is -3.20. The lowest BCUT2D eigenvalue weighted by molar-refractivity contribution is 0.0891. The monoisotopic (exact) mass is 404 g/mol. The molecular weight excluding hydrogens is 380 g/mol. The Morgan fingerprint density at radius 2 is 2.00 bits per heavy atom. The number of carbonyl (C=O) groups excluding carboxylic acids is 1. The number of anilines is 3. The molecule has 2 unspecified atom stereocenters. The van der Waals surface area contributed by atoms with Crippen LogP contribution in [0.15, 0.2) is 30.6 Å². The average Bonchev–Trinajstić information content (AvgIpc) is 3.39. The minimum atomic E-state index is -0.0178. The number of carbonyl (C=O) groups is 1. The molecule has 154 valence electrons. The van der Waals surface area contributed by atoms with Gasteiger partial charge in [-0.3, -0.25) is 4.79 Å². The van der Waals surface area contributed by atoms with Crippen LogP contribution >= 0.6 is 0 Å². The summed E-state index contributed by atoms with van der Waals surface area (Å²) in [7, 11) is 0. The average molecular weight is 404 g/mol. The zero-order valence-electron chi connectivity index (χ0n) is 16.6. The minimum Gasteiger partial charge on any atom is -0.368 e. The second-order valence-electron chi connectivity index (χ2n) is 8.21.